The summed E-state index contributed by atoms with van der Waals surface area (Å²) in [7, 11) is 0. The van der Waals surface area contributed by atoms with Gasteiger partial charge >= 0.3 is 0 Å². The summed E-state index contributed by atoms with van der Waals surface area (Å²) < 4.78 is 0. The van der Waals surface area contributed by atoms with Gasteiger partial charge in [-0.3, -0.25) is 0 Å². The van der Waals surface area contributed by atoms with Crippen LogP contribution in [-0.4, -0.2) is 0 Å². The van der Waals surface area contributed by atoms with Crippen molar-refractivity contribution in [3.8, 4) is 33.4 Å². The van der Waals surface area contributed by atoms with Gasteiger partial charge in [0, 0.05) is 22.5 Å². The van der Waals surface area contributed by atoms with Crippen molar-refractivity contribution >= 4 is 38.6 Å². The van der Waals surface area contributed by atoms with Gasteiger partial charge in [-0.2, -0.15) is 0 Å². The molecule has 4 saturated carbocycles. The number of rotatable bonds is 6. The Bertz CT molecular complexity index is 2850. The molecule has 8 aromatic carbocycles. The van der Waals surface area contributed by atoms with Gasteiger partial charge in [0.25, 0.3) is 0 Å². The molecule has 282 valence electrons. The van der Waals surface area contributed by atoms with Gasteiger partial charge in [0.1, 0.15) is 0 Å². The maximum Gasteiger partial charge on any atom is 0.0468 e. The van der Waals surface area contributed by atoms with Crippen molar-refractivity contribution < 1.29 is 0 Å². The summed E-state index contributed by atoms with van der Waals surface area (Å²) in [6.45, 7) is 4.83. The highest BCUT2D eigenvalue weighted by Crippen LogP contribution is 2.61. The van der Waals surface area contributed by atoms with Crippen molar-refractivity contribution in [1.82, 2.24) is 0 Å². The summed E-state index contributed by atoms with van der Waals surface area (Å²) in [4.78, 5) is 2.44. The summed E-state index contributed by atoms with van der Waals surface area (Å²) in [5.41, 5.74) is 16.0. The predicted molar refractivity (Wildman–Crippen MR) is 244 cm³/mol. The summed E-state index contributed by atoms with van der Waals surface area (Å²) in [6, 6.07) is 64.2. The molecule has 13 rings (SSSR count). The number of fused-ring (bicyclic) bond motifs is 5. The van der Waals surface area contributed by atoms with E-state index in [-0.39, 0.29) is 5.41 Å². The summed E-state index contributed by atoms with van der Waals surface area (Å²) in [5.74, 6) is 2.90. The van der Waals surface area contributed by atoms with Gasteiger partial charge in [-0.1, -0.05) is 141 Å². The van der Waals surface area contributed by atoms with Gasteiger partial charge < -0.3 is 4.90 Å². The highest BCUT2D eigenvalue weighted by molar-refractivity contribution is 5.97. The molecule has 0 spiro atoms. The van der Waals surface area contributed by atoms with E-state index in [1.54, 1.807) is 5.56 Å². The van der Waals surface area contributed by atoms with Crippen molar-refractivity contribution in [3.63, 3.8) is 0 Å². The number of nitrogens with zero attached hydrogens (tertiary/aromatic N) is 1. The van der Waals surface area contributed by atoms with E-state index in [1.807, 2.05) is 0 Å². The molecule has 5 aliphatic rings. The molecular formula is C57H49N. The quantitative estimate of drug-likeness (QED) is 0.164. The van der Waals surface area contributed by atoms with Crippen LogP contribution >= 0.6 is 0 Å². The van der Waals surface area contributed by atoms with Gasteiger partial charge in [-0.05, 0) is 176 Å². The van der Waals surface area contributed by atoms with Crippen LogP contribution in [0.15, 0.2) is 170 Å². The van der Waals surface area contributed by atoms with Gasteiger partial charge in [0.05, 0.1) is 0 Å². The molecule has 1 heteroatoms. The minimum Gasteiger partial charge on any atom is -0.310 e. The molecule has 0 aromatic heterocycles. The number of anilines is 3. The fraction of sp³-hybridized carbons (Fsp3) is 0.228. The molecule has 58 heavy (non-hydrogen) atoms. The lowest BCUT2D eigenvalue weighted by molar-refractivity contribution is -0.00518. The Morgan fingerprint density at radius 3 is 1.71 bits per heavy atom. The zero-order valence-corrected chi connectivity index (χ0v) is 33.6. The standard InChI is InChI=1S/C57H49N/c1-56(2)54-32-45(41-14-20-46(21-15-41)57-34-37-28-38(35-57)30-39(29-37)36-57)19-26-52(54)53-27-25-49(33-55(53)56)58(48-24-16-40-8-3-4-10-44(40)31-48)47-22-17-43(18-23-47)51-13-7-11-42-9-5-6-12-50(42)51/h3-27,31-33,37-39H,28-30,34-36H2,1-2H3. The highest BCUT2D eigenvalue weighted by Gasteiger charge is 2.51. The molecule has 5 aliphatic carbocycles. The van der Waals surface area contributed by atoms with Crippen molar-refractivity contribution in [3.05, 3.63) is 187 Å². The Labute approximate surface area is 343 Å². The Balaban J connectivity index is 0.902. The van der Waals surface area contributed by atoms with Crippen LogP contribution in [0.1, 0.15) is 69.1 Å². The molecule has 0 unspecified atom stereocenters. The maximum atomic E-state index is 2.50. The lowest BCUT2D eigenvalue weighted by Gasteiger charge is -2.57. The predicted octanol–water partition coefficient (Wildman–Crippen LogP) is 15.6. The molecule has 0 atom stereocenters. The van der Waals surface area contributed by atoms with Gasteiger partial charge in [-0.25, -0.2) is 0 Å². The lowest BCUT2D eigenvalue weighted by Crippen LogP contribution is -2.48. The fourth-order valence-corrected chi connectivity index (χ4v) is 12.6. The number of hydrogen-bond acceptors (Lipinski definition) is 1. The molecule has 4 fully saturated rings. The van der Waals surface area contributed by atoms with Crippen LogP contribution in [0.2, 0.25) is 0 Å². The Kier molecular flexibility index (Phi) is 7.53. The highest BCUT2D eigenvalue weighted by atomic mass is 15.1. The largest absolute Gasteiger partial charge is 0.310 e. The second-order valence-electron chi connectivity index (χ2n) is 18.8. The van der Waals surface area contributed by atoms with E-state index in [1.165, 1.54) is 110 Å². The van der Waals surface area contributed by atoms with Gasteiger partial charge in [-0.15, -0.1) is 0 Å². The van der Waals surface area contributed by atoms with Crippen LogP contribution in [0, 0.1) is 17.8 Å². The third-order valence-electron chi connectivity index (χ3n) is 15.0. The van der Waals surface area contributed by atoms with Crippen molar-refractivity contribution in [2.45, 2.75) is 63.2 Å². The van der Waals surface area contributed by atoms with Gasteiger partial charge in [0.2, 0.25) is 0 Å². The molecule has 1 nitrogen and oxygen atoms in total. The first-order valence-electron chi connectivity index (χ1n) is 21.7. The molecule has 4 bridgehead atoms. The van der Waals surface area contributed by atoms with Crippen LogP contribution in [0.5, 0.6) is 0 Å². The van der Waals surface area contributed by atoms with E-state index in [0.29, 0.717) is 5.41 Å². The van der Waals surface area contributed by atoms with Crippen LogP contribution in [-0.2, 0) is 10.8 Å². The summed E-state index contributed by atoms with van der Waals surface area (Å²) in [6.07, 6.45) is 8.73. The second-order valence-corrected chi connectivity index (χ2v) is 18.8. The molecule has 0 saturated heterocycles. The minimum atomic E-state index is -0.150. The lowest BCUT2D eigenvalue weighted by atomic mass is 9.48. The van der Waals surface area contributed by atoms with Gasteiger partial charge in [0.15, 0.2) is 0 Å². The van der Waals surface area contributed by atoms with Crippen LogP contribution in [0.25, 0.3) is 54.9 Å². The maximum absolute atomic E-state index is 2.50. The Morgan fingerprint density at radius 1 is 0.414 bits per heavy atom. The van der Waals surface area contributed by atoms with E-state index in [0.717, 1.165) is 29.1 Å². The van der Waals surface area contributed by atoms with E-state index in [4.69, 9.17) is 0 Å². The molecule has 0 radical (unpaired) electrons. The van der Waals surface area contributed by atoms with Crippen LogP contribution in [0.3, 0.4) is 0 Å². The third-order valence-corrected chi connectivity index (χ3v) is 15.0. The number of benzene rings is 8. The van der Waals surface area contributed by atoms with E-state index in [9.17, 15) is 0 Å². The molecule has 0 aliphatic heterocycles. The summed E-state index contributed by atoms with van der Waals surface area (Å²) in [5, 5.41) is 5.04. The third kappa shape index (κ3) is 5.36. The van der Waals surface area contributed by atoms with E-state index < -0.39 is 0 Å². The zero-order chi connectivity index (χ0) is 38.6. The van der Waals surface area contributed by atoms with E-state index in [2.05, 4.69) is 189 Å². The first-order chi connectivity index (χ1) is 28.4. The van der Waals surface area contributed by atoms with Crippen LogP contribution in [0.4, 0.5) is 17.1 Å². The second kappa shape index (κ2) is 12.8. The fourth-order valence-electron chi connectivity index (χ4n) is 12.6. The summed E-state index contributed by atoms with van der Waals surface area (Å²) >= 11 is 0. The van der Waals surface area contributed by atoms with E-state index >= 15 is 0 Å². The SMILES string of the molecule is CC1(C)c2cc(-c3ccc(C45CC6CC(CC(C6)C4)C5)cc3)ccc2-c2ccc(N(c3ccc(-c4cccc5ccccc45)cc3)c3ccc4ccccc4c3)cc21. The normalized spacial score (nSPS) is 22.3. The van der Waals surface area contributed by atoms with Crippen LogP contribution < -0.4 is 4.90 Å². The van der Waals surface area contributed by atoms with Crippen molar-refractivity contribution in [2.24, 2.45) is 17.8 Å². The average molecular weight is 748 g/mol. The van der Waals surface area contributed by atoms with Crippen molar-refractivity contribution in [1.29, 1.82) is 0 Å². The molecule has 8 aromatic rings. The van der Waals surface area contributed by atoms with Crippen molar-refractivity contribution in [2.75, 3.05) is 4.90 Å². The minimum absolute atomic E-state index is 0.150. The molecule has 0 N–H and O–H groups in total. The average Bonchev–Trinajstić information content (AvgIpc) is 3.48. The number of hydrogen-bond donors (Lipinski definition) is 0. The first-order valence-corrected chi connectivity index (χ1v) is 21.7. The molecular weight excluding hydrogens is 699 g/mol. The molecule has 0 amide bonds. The molecule has 0 heterocycles. The topological polar surface area (TPSA) is 3.24 Å². The first kappa shape index (κ1) is 34.1. The Morgan fingerprint density at radius 2 is 0.966 bits per heavy atom. The monoisotopic (exact) mass is 747 g/mol. The smallest absolute Gasteiger partial charge is 0.0468 e. The zero-order valence-electron chi connectivity index (χ0n) is 33.6. The Hall–Kier alpha value is -5.92.